The largest absolute Gasteiger partial charge is 0.467 e. The van der Waals surface area contributed by atoms with Crippen molar-refractivity contribution >= 4 is 23.2 Å². The zero-order valence-electron chi connectivity index (χ0n) is 11.7. The number of thiocarbonyl (C=S) groups is 1. The van der Waals surface area contributed by atoms with Crippen molar-refractivity contribution in [1.29, 1.82) is 0 Å². The van der Waals surface area contributed by atoms with Crippen LogP contribution in [0.5, 0.6) is 0 Å². The minimum absolute atomic E-state index is 0.260. The lowest BCUT2D eigenvalue weighted by molar-refractivity contribution is -0.143. The Morgan fingerprint density at radius 2 is 1.95 bits per heavy atom. The SMILES string of the molecule is COC(=O)[C@H](CC(C)C)NC(=S)Cc1ccccc1. The molecule has 0 heterocycles. The molecule has 104 valence electrons. The van der Waals surface area contributed by atoms with Crippen molar-refractivity contribution in [2.45, 2.75) is 32.7 Å². The first-order chi connectivity index (χ1) is 9.02. The van der Waals surface area contributed by atoms with Gasteiger partial charge in [-0.25, -0.2) is 4.79 Å². The fraction of sp³-hybridized carbons (Fsp3) is 0.467. The van der Waals surface area contributed by atoms with Crippen molar-refractivity contribution in [1.82, 2.24) is 5.32 Å². The highest BCUT2D eigenvalue weighted by atomic mass is 32.1. The molecule has 0 bridgehead atoms. The van der Waals surface area contributed by atoms with Crippen molar-refractivity contribution in [3.63, 3.8) is 0 Å². The van der Waals surface area contributed by atoms with Crippen LogP contribution in [-0.4, -0.2) is 24.1 Å². The molecule has 0 saturated carbocycles. The highest BCUT2D eigenvalue weighted by Gasteiger charge is 2.21. The van der Waals surface area contributed by atoms with Crippen molar-refractivity contribution in [2.75, 3.05) is 7.11 Å². The Morgan fingerprint density at radius 3 is 2.47 bits per heavy atom. The van der Waals surface area contributed by atoms with Crippen LogP contribution < -0.4 is 5.32 Å². The summed E-state index contributed by atoms with van der Waals surface area (Å²) in [6.45, 7) is 4.13. The van der Waals surface area contributed by atoms with Crippen LogP contribution in [0.25, 0.3) is 0 Å². The molecule has 4 heteroatoms. The number of hydrogen-bond donors (Lipinski definition) is 1. The summed E-state index contributed by atoms with van der Waals surface area (Å²) < 4.78 is 4.80. The highest BCUT2D eigenvalue weighted by Crippen LogP contribution is 2.08. The first kappa shape index (κ1) is 15.6. The summed E-state index contributed by atoms with van der Waals surface area (Å²) in [6, 6.07) is 9.60. The second kappa shape index (κ2) is 7.89. The van der Waals surface area contributed by atoms with Crippen LogP contribution in [0.2, 0.25) is 0 Å². The van der Waals surface area contributed by atoms with E-state index in [4.69, 9.17) is 17.0 Å². The number of carbonyl (C=O) groups excluding carboxylic acids is 1. The van der Waals surface area contributed by atoms with Gasteiger partial charge in [-0.2, -0.15) is 0 Å². The van der Waals surface area contributed by atoms with E-state index >= 15 is 0 Å². The average Bonchev–Trinajstić information content (AvgIpc) is 2.37. The average molecular weight is 279 g/mol. The Morgan fingerprint density at radius 1 is 1.32 bits per heavy atom. The molecule has 1 atom stereocenters. The minimum atomic E-state index is -0.360. The van der Waals surface area contributed by atoms with Crippen LogP contribution in [0, 0.1) is 5.92 Å². The number of hydrogen-bond acceptors (Lipinski definition) is 3. The van der Waals surface area contributed by atoms with E-state index in [9.17, 15) is 4.79 Å². The van der Waals surface area contributed by atoms with Gasteiger partial charge in [-0.15, -0.1) is 0 Å². The molecule has 0 aliphatic carbocycles. The van der Waals surface area contributed by atoms with Gasteiger partial charge in [-0.05, 0) is 17.9 Å². The lowest BCUT2D eigenvalue weighted by Crippen LogP contribution is -2.42. The van der Waals surface area contributed by atoms with Gasteiger partial charge in [0.05, 0.1) is 12.1 Å². The Balaban J connectivity index is 2.58. The lowest BCUT2D eigenvalue weighted by atomic mass is 10.0. The summed E-state index contributed by atoms with van der Waals surface area (Å²) in [5, 5.41) is 3.10. The molecule has 19 heavy (non-hydrogen) atoms. The highest BCUT2D eigenvalue weighted by molar-refractivity contribution is 7.80. The molecule has 0 aliphatic heterocycles. The molecule has 1 rings (SSSR count). The van der Waals surface area contributed by atoms with Crippen LogP contribution in [0.4, 0.5) is 0 Å². The topological polar surface area (TPSA) is 38.3 Å². The van der Waals surface area contributed by atoms with Gasteiger partial charge in [-0.1, -0.05) is 56.4 Å². The predicted octanol–water partition coefficient (Wildman–Crippen LogP) is 2.73. The maximum Gasteiger partial charge on any atom is 0.328 e. The second-order valence-electron chi connectivity index (χ2n) is 4.94. The first-order valence-corrected chi connectivity index (χ1v) is 6.85. The third kappa shape index (κ3) is 5.83. The Kier molecular flexibility index (Phi) is 6.50. The molecule has 0 fully saturated rings. The maximum atomic E-state index is 11.7. The lowest BCUT2D eigenvalue weighted by Gasteiger charge is -2.19. The zero-order chi connectivity index (χ0) is 14.3. The van der Waals surface area contributed by atoms with Gasteiger partial charge in [-0.3, -0.25) is 0 Å². The summed E-state index contributed by atoms with van der Waals surface area (Å²) in [5.74, 6) is 0.139. The normalized spacial score (nSPS) is 12.0. The van der Waals surface area contributed by atoms with Gasteiger partial charge in [0.15, 0.2) is 0 Å². The Bertz CT molecular complexity index is 417. The zero-order valence-corrected chi connectivity index (χ0v) is 12.5. The number of methoxy groups -OCH3 is 1. The van der Waals surface area contributed by atoms with Crippen LogP contribution >= 0.6 is 12.2 Å². The van der Waals surface area contributed by atoms with E-state index in [0.717, 1.165) is 5.56 Å². The predicted molar refractivity (Wildman–Crippen MR) is 81.1 cm³/mol. The van der Waals surface area contributed by atoms with E-state index in [1.54, 1.807) is 0 Å². The van der Waals surface area contributed by atoms with Crippen molar-refractivity contribution < 1.29 is 9.53 Å². The fourth-order valence-electron chi connectivity index (χ4n) is 1.85. The smallest absolute Gasteiger partial charge is 0.328 e. The molecule has 0 aromatic heterocycles. The third-order valence-electron chi connectivity index (χ3n) is 2.74. The molecule has 3 nitrogen and oxygen atoms in total. The van der Waals surface area contributed by atoms with E-state index in [2.05, 4.69) is 19.2 Å². The molecule has 0 spiro atoms. The summed E-state index contributed by atoms with van der Waals surface area (Å²) in [6.07, 6.45) is 1.35. The molecule has 1 N–H and O–H groups in total. The monoisotopic (exact) mass is 279 g/mol. The number of nitrogens with one attached hydrogen (secondary N) is 1. The third-order valence-corrected chi connectivity index (χ3v) is 3.00. The van der Waals surface area contributed by atoms with Crippen molar-refractivity contribution in [3.05, 3.63) is 35.9 Å². The second-order valence-corrected chi connectivity index (χ2v) is 5.43. The molecule has 0 radical (unpaired) electrons. The number of rotatable bonds is 6. The van der Waals surface area contributed by atoms with Gasteiger partial charge < -0.3 is 10.1 Å². The molecule has 0 saturated heterocycles. The molecule has 1 aromatic carbocycles. The molecular weight excluding hydrogens is 258 g/mol. The molecule has 1 aromatic rings. The minimum Gasteiger partial charge on any atom is -0.467 e. The van der Waals surface area contributed by atoms with Crippen LogP contribution in [0.15, 0.2) is 30.3 Å². The molecular formula is C15H21NO2S. The Labute approximate surface area is 120 Å². The van der Waals surface area contributed by atoms with Crippen molar-refractivity contribution in [3.8, 4) is 0 Å². The maximum absolute atomic E-state index is 11.7. The van der Waals surface area contributed by atoms with Crippen LogP contribution in [0.1, 0.15) is 25.8 Å². The van der Waals surface area contributed by atoms with E-state index in [1.807, 2.05) is 30.3 Å². The van der Waals surface area contributed by atoms with Gasteiger partial charge >= 0.3 is 5.97 Å². The van der Waals surface area contributed by atoms with Crippen LogP contribution in [-0.2, 0) is 16.0 Å². The molecule has 0 unspecified atom stereocenters. The van der Waals surface area contributed by atoms with Gasteiger partial charge in [0, 0.05) is 6.42 Å². The van der Waals surface area contributed by atoms with Gasteiger partial charge in [0.2, 0.25) is 0 Å². The fourth-order valence-corrected chi connectivity index (χ4v) is 2.16. The summed E-state index contributed by atoms with van der Waals surface area (Å²) >= 11 is 5.31. The van der Waals surface area contributed by atoms with Gasteiger partial charge in [0.1, 0.15) is 6.04 Å². The van der Waals surface area contributed by atoms with Crippen molar-refractivity contribution in [2.24, 2.45) is 5.92 Å². The van der Waals surface area contributed by atoms with E-state index < -0.39 is 0 Å². The van der Waals surface area contributed by atoms with E-state index in [1.165, 1.54) is 7.11 Å². The number of benzene rings is 1. The van der Waals surface area contributed by atoms with Gasteiger partial charge in [0.25, 0.3) is 0 Å². The summed E-state index contributed by atoms with van der Waals surface area (Å²) in [5.41, 5.74) is 1.13. The number of ether oxygens (including phenoxy) is 1. The summed E-state index contributed by atoms with van der Waals surface area (Å²) in [4.78, 5) is 12.4. The standard InChI is InChI=1S/C15H21NO2S/c1-11(2)9-13(15(17)18-3)16-14(19)10-12-7-5-4-6-8-12/h4-8,11,13H,9-10H2,1-3H3,(H,16,19)/t13-/m0/s1. The number of carbonyl (C=O) groups is 1. The van der Waals surface area contributed by atoms with E-state index in [-0.39, 0.29) is 12.0 Å². The summed E-state index contributed by atoms with van der Waals surface area (Å²) in [7, 11) is 1.40. The van der Waals surface area contributed by atoms with E-state index in [0.29, 0.717) is 23.7 Å². The molecule has 0 amide bonds. The van der Waals surface area contributed by atoms with Crippen LogP contribution in [0.3, 0.4) is 0 Å². The molecule has 0 aliphatic rings. The Hall–Kier alpha value is -1.42. The quantitative estimate of drug-likeness (QED) is 0.642. The number of esters is 1. The first-order valence-electron chi connectivity index (χ1n) is 6.44.